The monoisotopic (exact) mass is 175 g/mol. The first-order valence-electron chi connectivity index (χ1n) is 2.41. The topological polar surface area (TPSA) is 12.0 Å². The molecule has 0 saturated carbocycles. The molecule has 0 amide bonds. The standard InChI is InChI=1S/C4H6BF3N.K/c1-2-3-9-4-5(6,7)8;/h1,9H,3-4H2;/q-1;+1. The van der Waals surface area contributed by atoms with E-state index in [1.807, 2.05) is 11.2 Å². The second-order valence-electron chi connectivity index (χ2n) is 1.55. The smallest absolute Gasteiger partial charge is 0.448 e. The normalized spacial score (nSPS) is 9.80. The van der Waals surface area contributed by atoms with Crippen LogP contribution >= 0.6 is 0 Å². The van der Waals surface area contributed by atoms with Crippen LogP contribution < -0.4 is 56.7 Å². The fraction of sp³-hybridized carbons (Fsp3) is 0.500. The summed E-state index contributed by atoms with van der Waals surface area (Å²) in [5.41, 5.74) is 0. The van der Waals surface area contributed by atoms with Crippen LogP contribution in [0.3, 0.4) is 0 Å². The van der Waals surface area contributed by atoms with Crippen LogP contribution in [0.1, 0.15) is 0 Å². The van der Waals surface area contributed by atoms with Gasteiger partial charge in [0.05, 0.1) is 6.54 Å². The Labute approximate surface area is 101 Å². The Bertz CT molecular complexity index is 119. The van der Waals surface area contributed by atoms with E-state index in [2.05, 4.69) is 6.42 Å². The summed E-state index contributed by atoms with van der Waals surface area (Å²) in [7, 11) is 0. The zero-order valence-corrected chi connectivity index (χ0v) is 8.83. The third-order valence-corrected chi connectivity index (χ3v) is 0.603. The van der Waals surface area contributed by atoms with Gasteiger partial charge in [0, 0.05) is 0 Å². The van der Waals surface area contributed by atoms with Crippen LogP contribution in [-0.2, 0) is 0 Å². The summed E-state index contributed by atoms with van der Waals surface area (Å²) in [4.78, 5) is 0. The molecule has 52 valence electrons. The van der Waals surface area contributed by atoms with E-state index in [1.54, 1.807) is 0 Å². The van der Waals surface area contributed by atoms with E-state index >= 15 is 0 Å². The van der Waals surface area contributed by atoms with E-state index in [0.29, 0.717) is 0 Å². The summed E-state index contributed by atoms with van der Waals surface area (Å²) in [6, 6.07) is 0. The molecule has 0 aliphatic rings. The van der Waals surface area contributed by atoms with Crippen molar-refractivity contribution in [3.63, 3.8) is 0 Å². The van der Waals surface area contributed by atoms with Gasteiger partial charge in [-0.3, -0.25) is 0 Å². The van der Waals surface area contributed by atoms with E-state index in [0.717, 1.165) is 0 Å². The van der Waals surface area contributed by atoms with Crippen molar-refractivity contribution in [3.05, 3.63) is 0 Å². The molecule has 0 rings (SSSR count). The van der Waals surface area contributed by atoms with Crippen LogP contribution in [-0.4, -0.2) is 20.0 Å². The molecule has 0 heterocycles. The molecule has 6 heteroatoms. The fourth-order valence-corrected chi connectivity index (χ4v) is 0.308. The molecule has 0 bridgehead atoms. The summed E-state index contributed by atoms with van der Waals surface area (Å²) < 4.78 is 33.9. The molecule has 0 atom stereocenters. The number of terminal acetylenes is 1. The Balaban J connectivity index is 0. The average Bonchev–Trinajstić information content (AvgIpc) is 1.63. The molecule has 0 radical (unpaired) electrons. The maximum Gasteiger partial charge on any atom is 1.00 e. The van der Waals surface area contributed by atoms with E-state index in [4.69, 9.17) is 0 Å². The van der Waals surface area contributed by atoms with Gasteiger partial charge in [0.1, 0.15) is 0 Å². The molecule has 0 aliphatic heterocycles. The number of hydrogen-bond acceptors (Lipinski definition) is 1. The Hall–Kier alpha value is 1.01. The minimum atomic E-state index is -4.72. The predicted octanol–water partition coefficient (Wildman–Crippen LogP) is -2.40. The maximum atomic E-state index is 11.3. The minimum absolute atomic E-state index is 0. The van der Waals surface area contributed by atoms with Crippen LogP contribution in [0.2, 0.25) is 0 Å². The van der Waals surface area contributed by atoms with Gasteiger partial charge in [0.2, 0.25) is 0 Å². The van der Waals surface area contributed by atoms with Crippen molar-refractivity contribution in [1.29, 1.82) is 0 Å². The molecule has 0 aromatic carbocycles. The molecule has 0 unspecified atom stereocenters. The first-order chi connectivity index (χ1) is 4.06. The Kier molecular flexibility index (Phi) is 9.11. The van der Waals surface area contributed by atoms with Crippen molar-refractivity contribution in [3.8, 4) is 12.3 Å². The van der Waals surface area contributed by atoms with E-state index in [1.165, 1.54) is 0 Å². The largest absolute Gasteiger partial charge is 1.00 e. The van der Waals surface area contributed by atoms with E-state index < -0.39 is 13.4 Å². The van der Waals surface area contributed by atoms with Gasteiger partial charge in [0.15, 0.2) is 0 Å². The minimum Gasteiger partial charge on any atom is -0.448 e. The van der Waals surface area contributed by atoms with Crippen LogP contribution in [0, 0.1) is 12.3 Å². The Morgan fingerprint density at radius 1 is 1.40 bits per heavy atom. The fourth-order valence-electron chi connectivity index (χ4n) is 0.308. The number of halogens is 3. The molecule has 1 nitrogen and oxygen atoms in total. The quantitative estimate of drug-likeness (QED) is 0.286. The van der Waals surface area contributed by atoms with Gasteiger partial charge in [0.25, 0.3) is 0 Å². The number of nitrogens with one attached hydrogen (secondary N) is 1. The second kappa shape index (κ2) is 6.70. The van der Waals surface area contributed by atoms with Gasteiger partial charge < -0.3 is 18.3 Å². The maximum absolute atomic E-state index is 11.3. The Morgan fingerprint density at radius 3 is 2.20 bits per heavy atom. The van der Waals surface area contributed by atoms with Crippen molar-refractivity contribution < 1.29 is 64.3 Å². The first kappa shape index (κ1) is 13.6. The van der Waals surface area contributed by atoms with Crippen LogP contribution in [0.25, 0.3) is 0 Å². The molecule has 1 N–H and O–H groups in total. The molecular weight excluding hydrogens is 169 g/mol. The van der Waals surface area contributed by atoms with E-state index in [-0.39, 0.29) is 57.9 Å². The molecule has 0 fully saturated rings. The van der Waals surface area contributed by atoms with Gasteiger partial charge in [-0.2, -0.15) is 0 Å². The van der Waals surface area contributed by atoms with Gasteiger partial charge in [-0.05, 0) is 6.44 Å². The second-order valence-corrected chi connectivity index (χ2v) is 1.55. The summed E-state index contributed by atoms with van der Waals surface area (Å²) >= 11 is 0. The van der Waals surface area contributed by atoms with Gasteiger partial charge in [-0.15, -0.1) is 6.42 Å². The Morgan fingerprint density at radius 2 is 1.90 bits per heavy atom. The number of rotatable bonds is 3. The van der Waals surface area contributed by atoms with Gasteiger partial charge >= 0.3 is 58.4 Å². The third-order valence-electron chi connectivity index (χ3n) is 0.603. The molecule has 0 spiro atoms. The molecule has 0 aromatic heterocycles. The zero-order chi connectivity index (χ0) is 7.33. The van der Waals surface area contributed by atoms with Crippen LogP contribution in [0.15, 0.2) is 0 Å². The zero-order valence-electron chi connectivity index (χ0n) is 5.70. The number of hydrogen-bond donors (Lipinski definition) is 1. The average molecular weight is 175 g/mol. The molecule has 10 heavy (non-hydrogen) atoms. The van der Waals surface area contributed by atoms with Crippen molar-refractivity contribution in [2.24, 2.45) is 0 Å². The van der Waals surface area contributed by atoms with Gasteiger partial charge in [-0.25, -0.2) is 0 Å². The predicted molar refractivity (Wildman–Crippen MR) is 30.8 cm³/mol. The van der Waals surface area contributed by atoms with Crippen molar-refractivity contribution in [2.45, 2.75) is 0 Å². The van der Waals surface area contributed by atoms with Crippen molar-refractivity contribution >= 4 is 6.98 Å². The van der Waals surface area contributed by atoms with Gasteiger partial charge in [-0.1, -0.05) is 5.92 Å². The molecular formula is C4H6BF3KN. The van der Waals surface area contributed by atoms with Crippen LogP contribution in [0.4, 0.5) is 12.9 Å². The summed E-state index contributed by atoms with van der Waals surface area (Å²) in [5, 5.41) is 2.04. The van der Waals surface area contributed by atoms with Crippen molar-refractivity contribution in [1.82, 2.24) is 5.32 Å². The molecule has 0 aromatic rings. The van der Waals surface area contributed by atoms with E-state index in [9.17, 15) is 12.9 Å². The van der Waals surface area contributed by atoms with Crippen LogP contribution in [0.5, 0.6) is 0 Å². The summed E-state index contributed by atoms with van der Waals surface area (Å²) in [6.07, 6.45) is 3.73. The first-order valence-corrected chi connectivity index (χ1v) is 2.41. The SMILES string of the molecule is C#CCNC[B-](F)(F)F.[K+]. The third kappa shape index (κ3) is 11.8. The molecule has 0 aliphatic carbocycles. The van der Waals surface area contributed by atoms with Crippen molar-refractivity contribution in [2.75, 3.05) is 13.0 Å². The summed E-state index contributed by atoms with van der Waals surface area (Å²) in [5.74, 6) is 2.04. The molecule has 0 saturated heterocycles. The summed E-state index contributed by atoms with van der Waals surface area (Å²) in [6.45, 7) is -4.74.